The highest BCUT2D eigenvalue weighted by Crippen LogP contribution is 2.34. The average Bonchev–Trinajstić information content (AvgIpc) is 3.49. The number of halogens is 1. The van der Waals surface area contributed by atoms with Crippen molar-refractivity contribution in [2.24, 2.45) is 5.92 Å². The van der Waals surface area contributed by atoms with Crippen LogP contribution >= 0.6 is 11.3 Å². The number of hydrogen-bond donors (Lipinski definition) is 1. The van der Waals surface area contributed by atoms with Crippen molar-refractivity contribution in [1.29, 1.82) is 0 Å². The Morgan fingerprint density at radius 1 is 0.875 bits per heavy atom. The van der Waals surface area contributed by atoms with Crippen molar-refractivity contribution in [2.45, 2.75) is 19.3 Å². The van der Waals surface area contributed by atoms with Gasteiger partial charge >= 0.3 is 0 Å². The number of carbonyl (C=O) groups is 1. The summed E-state index contributed by atoms with van der Waals surface area (Å²) >= 11 is 1.36. The number of benzene rings is 3. The molecule has 0 spiro atoms. The lowest BCUT2D eigenvalue weighted by Crippen LogP contribution is -2.35. The molecular weight excluding hydrogens is 521 g/mol. The third kappa shape index (κ3) is 5.77. The fraction of sp³-hybridized carbons (Fsp3) is 0.188. The normalized spacial score (nSPS) is 13.8. The molecule has 3 heterocycles. The molecule has 1 aliphatic heterocycles. The Labute approximate surface area is 236 Å². The van der Waals surface area contributed by atoms with Crippen molar-refractivity contribution in [3.63, 3.8) is 0 Å². The summed E-state index contributed by atoms with van der Waals surface area (Å²) in [5, 5.41) is 14.0. The largest absolute Gasteiger partial charge is 0.355 e. The first kappa shape index (κ1) is 25.8. The first-order chi connectivity index (χ1) is 19.6. The second-order valence-electron chi connectivity index (χ2n) is 9.91. The van der Waals surface area contributed by atoms with Crippen molar-refractivity contribution < 1.29 is 9.18 Å². The molecule has 1 saturated heterocycles. The Balaban J connectivity index is 1.10. The Bertz CT molecular complexity index is 1600. The standard InChI is InChI=1S/C32H28FN5OS/c33-26-12-6-4-10-24(26)32-35-29(21-40-32)25-11-5-7-13-27(25)34-31(39)28-14-15-30(37-36-28)38-18-16-23(17-19-38)20-22-8-2-1-3-9-22/h1-15,21,23H,16-20H2,(H,34,39). The first-order valence-corrected chi connectivity index (χ1v) is 14.3. The van der Waals surface area contributed by atoms with Gasteiger partial charge in [-0.15, -0.1) is 21.5 Å². The minimum absolute atomic E-state index is 0.239. The molecule has 0 saturated carbocycles. The number of nitrogens with one attached hydrogen (secondary N) is 1. The molecule has 1 fully saturated rings. The van der Waals surface area contributed by atoms with Gasteiger partial charge in [0, 0.05) is 29.6 Å². The molecule has 1 aliphatic rings. The number of carbonyl (C=O) groups excluding carboxylic acids is 1. The van der Waals surface area contributed by atoms with Gasteiger partial charge in [0.2, 0.25) is 0 Å². The van der Waals surface area contributed by atoms with Gasteiger partial charge in [-0.3, -0.25) is 4.79 Å². The van der Waals surface area contributed by atoms with Crippen molar-refractivity contribution in [3.8, 4) is 21.8 Å². The molecule has 0 atom stereocenters. The topological polar surface area (TPSA) is 71.0 Å². The maximum Gasteiger partial charge on any atom is 0.276 e. The summed E-state index contributed by atoms with van der Waals surface area (Å²) in [6.07, 6.45) is 3.31. The predicted molar refractivity (Wildman–Crippen MR) is 158 cm³/mol. The SMILES string of the molecule is O=C(Nc1ccccc1-c1csc(-c2ccccc2F)n1)c1ccc(N2CCC(Cc3ccccc3)CC2)nn1. The molecule has 6 nitrogen and oxygen atoms in total. The van der Waals surface area contributed by atoms with Gasteiger partial charge in [0.1, 0.15) is 10.8 Å². The number of thiazole rings is 1. The number of nitrogens with zero attached hydrogens (tertiary/aromatic N) is 4. The minimum Gasteiger partial charge on any atom is -0.355 e. The monoisotopic (exact) mass is 549 g/mol. The summed E-state index contributed by atoms with van der Waals surface area (Å²) in [5.74, 6) is 0.789. The van der Waals surface area contributed by atoms with Gasteiger partial charge in [0.05, 0.1) is 11.4 Å². The van der Waals surface area contributed by atoms with E-state index in [0.29, 0.717) is 27.9 Å². The lowest BCUT2D eigenvalue weighted by molar-refractivity contribution is 0.102. The van der Waals surface area contributed by atoms with E-state index in [4.69, 9.17) is 0 Å². The third-order valence-electron chi connectivity index (χ3n) is 7.25. The van der Waals surface area contributed by atoms with Crippen LogP contribution in [0.4, 0.5) is 15.9 Å². The van der Waals surface area contributed by atoms with E-state index in [2.05, 4.69) is 55.7 Å². The Morgan fingerprint density at radius 3 is 2.35 bits per heavy atom. The molecule has 200 valence electrons. The van der Waals surface area contributed by atoms with Gasteiger partial charge in [0.15, 0.2) is 11.5 Å². The van der Waals surface area contributed by atoms with Gasteiger partial charge in [-0.2, -0.15) is 0 Å². The van der Waals surface area contributed by atoms with E-state index in [1.807, 2.05) is 35.7 Å². The van der Waals surface area contributed by atoms with E-state index in [1.54, 1.807) is 24.3 Å². The van der Waals surface area contributed by atoms with Crippen LogP contribution in [-0.4, -0.2) is 34.2 Å². The van der Waals surface area contributed by atoms with Crippen LogP contribution in [0.5, 0.6) is 0 Å². The number of piperidine rings is 1. The zero-order chi connectivity index (χ0) is 27.3. The number of anilines is 2. The smallest absolute Gasteiger partial charge is 0.276 e. The quantitative estimate of drug-likeness (QED) is 0.234. The van der Waals surface area contributed by atoms with Crippen LogP contribution in [-0.2, 0) is 6.42 Å². The molecule has 3 aromatic carbocycles. The first-order valence-electron chi connectivity index (χ1n) is 13.4. The van der Waals surface area contributed by atoms with E-state index >= 15 is 0 Å². The van der Waals surface area contributed by atoms with Gasteiger partial charge in [-0.05, 0) is 61.1 Å². The van der Waals surface area contributed by atoms with E-state index in [9.17, 15) is 9.18 Å². The Morgan fingerprint density at radius 2 is 1.60 bits per heavy atom. The molecular formula is C32H28FN5OS. The summed E-state index contributed by atoms with van der Waals surface area (Å²) in [6.45, 7) is 1.85. The van der Waals surface area contributed by atoms with Crippen LogP contribution in [0.2, 0.25) is 0 Å². The zero-order valence-electron chi connectivity index (χ0n) is 21.8. The van der Waals surface area contributed by atoms with E-state index < -0.39 is 0 Å². The lowest BCUT2D eigenvalue weighted by atomic mass is 9.90. The molecule has 0 aliphatic carbocycles. The van der Waals surface area contributed by atoms with E-state index in [-0.39, 0.29) is 17.4 Å². The van der Waals surface area contributed by atoms with Crippen molar-refractivity contribution in [1.82, 2.24) is 15.2 Å². The highest BCUT2D eigenvalue weighted by molar-refractivity contribution is 7.13. The number of hydrogen-bond acceptors (Lipinski definition) is 6. The number of para-hydroxylation sites is 1. The van der Waals surface area contributed by atoms with Gasteiger partial charge in [-0.1, -0.05) is 60.7 Å². The maximum atomic E-state index is 14.3. The third-order valence-corrected chi connectivity index (χ3v) is 8.12. The number of aromatic nitrogens is 3. The molecule has 40 heavy (non-hydrogen) atoms. The van der Waals surface area contributed by atoms with Gasteiger partial charge in [0.25, 0.3) is 5.91 Å². The molecule has 6 rings (SSSR count). The molecule has 0 radical (unpaired) electrons. The summed E-state index contributed by atoms with van der Waals surface area (Å²) < 4.78 is 14.3. The molecule has 0 unspecified atom stereocenters. The van der Waals surface area contributed by atoms with Crippen molar-refractivity contribution in [3.05, 3.63) is 113 Å². The van der Waals surface area contributed by atoms with Crippen LogP contribution in [0.15, 0.2) is 96.4 Å². The molecule has 5 aromatic rings. The van der Waals surface area contributed by atoms with E-state index in [0.717, 1.165) is 43.7 Å². The summed E-state index contributed by atoms with van der Waals surface area (Å²) in [5.41, 5.74) is 4.09. The van der Waals surface area contributed by atoms with Crippen LogP contribution in [0.3, 0.4) is 0 Å². The average molecular weight is 550 g/mol. The molecule has 1 N–H and O–H groups in total. The van der Waals surface area contributed by atoms with Crippen molar-refractivity contribution >= 4 is 28.7 Å². The summed E-state index contributed by atoms with van der Waals surface area (Å²) in [4.78, 5) is 20.0. The van der Waals surface area contributed by atoms with Crippen LogP contribution < -0.4 is 10.2 Å². The lowest BCUT2D eigenvalue weighted by Gasteiger charge is -2.32. The maximum absolute atomic E-state index is 14.3. The molecule has 0 bridgehead atoms. The van der Waals surface area contributed by atoms with Gasteiger partial charge < -0.3 is 10.2 Å². The fourth-order valence-electron chi connectivity index (χ4n) is 5.09. The van der Waals surface area contributed by atoms with Gasteiger partial charge in [-0.25, -0.2) is 9.37 Å². The molecule has 2 aromatic heterocycles. The highest BCUT2D eigenvalue weighted by Gasteiger charge is 2.21. The number of amides is 1. The number of rotatable bonds is 7. The van der Waals surface area contributed by atoms with Crippen LogP contribution in [0.25, 0.3) is 21.8 Å². The highest BCUT2D eigenvalue weighted by atomic mass is 32.1. The zero-order valence-corrected chi connectivity index (χ0v) is 22.7. The molecule has 1 amide bonds. The van der Waals surface area contributed by atoms with Crippen molar-refractivity contribution in [2.75, 3.05) is 23.3 Å². The summed E-state index contributed by atoms with van der Waals surface area (Å²) in [6, 6.07) is 28.2. The fourth-order valence-corrected chi connectivity index (χ4v) is 5.93. The summed E-state index contributed by atoms with van der Waals surface area (Å²) in [7, 11) is 0. The molecule has 8 heteroatoms. The van der Waals surface area contributed by atoms with Crippen LogP contribution in [0, 0.1) is 11.7 Å². The minimum atomic E-state index is -0.349. The van der Waals surface area contributed by atoms with E-state index in [1.165, 1.54) is 23.0 Å². The Hall–Kier alpha value is -4.43. The second-order valence-corrected chi connectivity index (χ2v) is 10.8. The Kier molecular flexibility index (Phi) is 7.59. The second kappa shape index (κ2) is 11.8. The predicted octanol–water partition coefficient (Wildman–Crippen LogP) is 7.12. The van der Waals surface area contributed by atoms with Crippen LogP contribution in [0.1, 0.15) is 28.9 Å².